The quantitative estimate of drug-likeness (QED) is 0.515. The number of alkyl halides is 3. The average Bonchev–Trinajstić information content (AvgIpc) is 2.71. The van der Waals surface area contributed by atoms with Crippen molar-refractivity contribution in [2.45, 2.75) is 19.6 Å². The van der Waals surface area contributed by atoms with Crippen LogP contribution in [0.5, 0.6) is 5.75 Å². The fraction of sp³-hybridized carbons (Fsp3) is 0.174. The minimum Gasteiger partial charge on any atom is -0.482 e. The molecular formula is C23H20F3NO3. The Hall–Kier alpha value is -3.48. The van der Waals surface area contributed by atoms with Crippen LogP contribution in [0.4, 0.5) is 18.9 Å². The Kier molecular flexibility index (Phi) is 6.30. The summed E-state index contributed by atoms with van der Waals surface area (Å²) in [6.07, 6.45) is -4.35. The zero-order valence-electron chi connectivity index (χ0n) is 16.2. The average molecular weight is 415 g/mol. The number of hydrogen-bond acceptors (Lipinski definition) is 3. The Labute approximate surface area is 171 Å². The van der Waals surface area contributed by atoms with E-state index in [1.165, 1.54) is 12.1 Å². The maximum atomic E-state index is 12.7. The van der Waals surface area contributed by atoms with E-state index in [2.05, 4.69) is 5.32 Å². The number of hydrogen-bond donors (Lipinski definition) is 2. The number of anilines is 1. The third kappa shape index (κ3) is 5.53. The molecule has 0 aliphatic heterocycles. The van der Waals surface area contributed by atoms with Gasteiger partial charge in [0, 0.05) is 12.2 Å². The molecule has 3 aromatic rings. The van der Waals surface area contributed by atoms with E-state index in [4.69, 9.17) is 9.84 Å². The number of aliphatic carboxylic acids is 1. The van der Waals surface area contributed by atoms with Gasteiger partial charge in [-0.05, 0) is 59.5 Å². The van der Waals surface area contributed by atoms with Gasteiger partial charge < -0.3 is 15.2 Å². The van der Waals surface area contributed by atoms with Gasteiger partial charge in [-0.25, -0.2) is 4.79 Å². The minimum absolute atomic E-state index is 0.394. The summed E-state index contributed by atoms with van der Waals surface area (Å²) in [6.45, 7) is 1.97. The summed E-state index contributed by atoms with van der Waals surface area (Å²) in [5, 5.41) is 12.0. The Balaban J connectivity index is 1.67. The summed E-state index contributed by atoms with van der Waals surface area (Å²) in [7, 11) is 0. The first-order chi connectivity index (χ1) is 14.2. The van der Waals surface area contributed by atoms with Gasteiger partial charge in [-0.15, -0.1) is 0 Å². The second kappa shape index (κ2) is 8.90. The van der Waals surface area contributed by atoms with E-state index in [0.29, 0.717) is 17.9 Å². The van der Waals surface area contributed by atoms with E-state index >= 15 is 0 Å². The lowest BCUT2D eigenvalue weighted by molar-refractivity contribution is -0.139. The van der Waals surface area contributed by atoms with E-state index in [-0.39, 0.29) is 0 Å². The first-order valence-electron chi connectivity index (χ1n) is 9.18. The monoisotopic (exact) mass is 415 g/mol. The van der Waals surface area contributed by atoms with Crippen molar-refractivity contribution < 1.29 is 27.8 Å². The second-order valence-corrected chi connectivity index (χ2v) is 6.79. The van der Waals surface area contributed by atoms with Gasteiger partial charge in [0.1, 0.15) is 5.75 Å². The van der Waals surface area contributed by atoms with Crippen LogP contribution in [0.2, 0.25) is 0 Å². The molecule has 156 valence electrons. The van der Waals surface area contributed by atoms with Gasteiger partial charge in [-0.2, -0.15) is 13.2 Å². The lowest BCUT2D eigenvalue weighted by atomic mass is 10.0. The molecule has 0 aromatic heterocycles. The number of aryl methyl sites for hydroxylation is 1. The molecule has 0 aliphatic rings. The molecule has 0 spiro atoms. The lowest BCUT2D eigenvalue weighted by Gasteiger charge is -2.12. The van der Waals surface area contributed by atoms with Crippen LogP contribution in [0, 0.1) is 6.92 Å². The molecule has 0 heterocycles. The largest absolute Gasteiger partial charge is 0.482 e. The standard InChI is InChI=1S/C23H20F3NO3/c1-15-11-16(5-10-21(15)30-14-22(28)29)13-27-20-4-2-3-18(12-20)17-6-8-19(9-7-17)23(24,25)26/h2-12,27H,13-14H2,1H3,(H,28,29). The summed E-state index contributed by atoms with van der Waals surface area (Å²) in [5.41, 5.74) is 3.47. The summed E-state index contributed by atoms with van der Waals surface area (Å²) in [6, 6.07) is 18.0. The SMILES string of the molecule is Cc1cc(CNc2cccc(-c3ccc(C(F)(F)F)cc3)c2)ccc1OCC(=O)O. The molecule has 0 radical (unpaired) electrons. The van der Waals surface area contributed by atoms with Gasteiger partial charge in [0.15, 0.2) is 6.61 Å². The van der Waals surface area contributed by atoms with Crippen LogP contribution < -0.4 is 10.1 Å². The highest BCUT2D eigenvalue weighted by Crippen LogP contribution is 2.31. The number of nitrogens with one attached hydrogen (secondary N) is 1. The Morgan fingerprint density at radius 3 is 2.37 bits per heavy atom. The number of carboxylic acid groups (broad SMARTS) is 1. The molecule has 0 bridgehead atoms. The highest BCUT2D eigenvalue weighted by molar-refractivity contribution is 5.69. The van der Waals surface area contributed by atoms with Crippen molar-refractivity contribution >= 4 is 11.7 Å². The summed E-state index contributed by atoms with van der Waals surface area (Å²) in [5.74, 6) is -0.515. The maximum Gasteiger partial charge on any atom is 0.416 e. The van der Waals surface area contributed by atoms with Crippen molar-refractivity contribution in [1.82, 2.24) is 0 Å². The number of halogens is 3. The molecule has 0 fully saturated rings. The molecule has 0 amide bonds. The third-order valence-electron chi connectivity index (χ3n) is 4.50. The van der Waals surface area contributed by atoms with E-state index in [9.17, 15) is 18.0 Å². The van der Waals surface area contributed by atoms with Crippen LogP contribution in [-0.4, -0.2) is 17.7 Å². The molecule has 2 N–H and O–H groups in total. The fourth-order valence-electron chi connectivity index (χ4n) is 2.99. The zero-order valence-corrected chi connectivity index (χ0v) is 16.2. The molecule has 0 aliphatic carbocycles. The Morgan fingerprint density at radius 2 is 1.73 bits per heavy atom. The molecule has 30 heavy (non-hydrogen) atoms. The van der Waals surface area contributed by atoms with Crippen LogP contribution in [0.25, 0.3) is 11.1 Å². The van der Waals surface area contributed by atoms with Gasteiger partial charge in [0.25, 0.3) is 0 Å². The molecule has 4 nitrogen and oxygen atoms in total. The number of carboxylic acids is 1. The molecule has 0 unspecified atom stereocenters. The van der Waals surface area contributed by atoms with Crippen LogP contribution in [-0.2, 0) is 17.5 Å². The van der Waals surface area contributed by atoms with Crippen LogP contribution in [0.15, 0.2) is 66.7 Å². The summed E-state index contributed by atoms with van der Waals surface area (Å²) in [4.78, 5) is 10.6. The van der Waals surface area contributed by atoms with E-state index in [1.54, 1.807) is 6.07 Å². The fourth-order valence-corrected chi connectivity index (χ4v) is 2.99. The number of ether oxygens (including phenoxy) is 1. The molecule has 3 aromatic carbocycles. The molecule has 0 atom stereocenters. The summed E-state index contributed by atoms with van der Waals surface area (Å²) >= 11 is 0. The number of rotatable bonds is 7. The van der Waals surface area contributed by atoms with Crippen molar-refractivity contribution in [1.29, 1.82) is 0 Å². The van der Waals surface area contributed by atoms with Crippen LogP contribution in [0.3, 0.4) is 0 Å². The van der Waals surface area contributed by atoms with E-state index < -0.39 is 24.3 Å². The zero-order chi connectivity index (χ0) is 21.7. The molecule has 3 rings (SSSR count). The van der Waals surface area contributed by atoms with Crippen molar-refractivity contribution in [3.8, 4) is 16.9 Å². The Bertz CT molecular complexity index is 1030. The number of benzene rings is 3. The van der Waals surface area contributed by atoms with Crippen molar-refractivity contribution in [3.63, 3.8) is 0 Å². The van der Waals surface area contributed by atoms with Gasteiger partial charge in [-0.3, -0.25) is 0 Å². The molecule has 0 saturated carbocycles. The normalized spacial score (nSPS) is 11.2. The van der Waals surface area contributed by atoms with Crippen molar-refractivity contribution in [2.75, 3.05) is 11.9 Å². The topological polar surface area (TPSA) is 58.6 Å². The first-order valence-corrected chi connectivity index (χ1v) is 9.18. The first kappa shape index (κ1) is 21.2. The maximum absolute atomic E-state index is 12.7. The van der Waals surface area contributed by atoms with Gasteiger partial charge in [0.05, 0.1) is 5.56 Å². The smallest absolute Gasteiger partial charge is 0.416 e. The van der Waals surface area contributed by atoms with E-state index in [1.807, 2.05) is 43.3 Å². The summed E-state index contributed by atoms with van der Waals surface area (Å²) < 4.78 is 43.4. The molecule has 7 heteroatoms. The van der Waals surface area contributed by atoms with Crippen LogP contribution >= 0.6 is 0 Å². The highest BCUT2D eigenvalue weighted by Gasteiger charge is 2.29. The Morgan fingerprint density at radius 1 is 1.00 bits per heavy atom. The highest BCUT2D eigenvalue weighted by atomic mass is 19.4. The van der Waals surface area contributed by atoms with Crippen molar-refractivity contribution in [2.24, 2.45) is 0 Å². The van der Waals surface area contributed by atoms with Crippen molar-refractivity contribution in [3.05, 3.63) is 83.4 Å². The third-order valence-corrected chi connectivity index (χ3v) is 4.50. The lowest BCUT2D eigenvalue weighted by Crippen LogP contribution is -2.10. The van der Waals surface area contributed by atoms with E-state index in [0.717, 1.165) is 34.5 Å². The van der Waals surface area contributed by atoms with Crippen LogP contribution in [0.1, 0.15) is 16.7 Å². The molecular weight excluding hydrogens is 395 g/mol. The van der Waals surface area contributed by atoms with Gasteiger partial charge >= 0.3 is 12.1 Å². The molecule has 0 saturated heterocycles. The number of carbonyl (C=O) groups is 1. The van der Waals surface area contributed by atoms with Gasteiger partial charge in [0.2, 0.25) is 0 Å². The predicted molar refractivity (Wildman–Crippen MR) is 109 cm³/mol. The minimum atomic E-state index is -4.35. The van der Waals surface area contributed by atoms with Gasteiger partial charge in [-0.1, -0.05) is 36.4 Å². The predicted octanol–water partition coefficient (Wildman–Crippen LogP) is 5.76. The second-order valence-electron chi connectivity index (χ2n) is 6.79.